The van der Waals surface area contributed by atoms with Gasteiger partial charge in [0, 0.05) is 17.1 Å². The standard InChI is InChI=1S/C33H36ClF7N4O8S/c1-17(2)25(26(46)33(40,41)29(49)42-16-31(35,36)37)44-27(47)24-13-23(54(51,52)15-19-8-10-22(53-4)11-9-19)14-45(24)28(48)18(3)43-30(50)32(38,39)20-6-5-7-21(34)12-20/h5-12,17-18,23-25H,13-16H2,1-4H3,(H,42,49)(H,43,50)(H,44,47)/t18-,23+,24-,25-/m0/s1. The molecule has 0 spiro atoms. The minimum atomic E-state index is -5.11. The summed E-state index contributed by atoms with van der Waals surface area (Å²) in [5.41, 5.74) is -0.564. The number of benzene rings is 2. The Hall–Kier alpha value is -4.46. The quantitative estimate of drug-likeness (QED) is 0.181. The van der Waals surface area contributed by atoms with E-state index in [-0.39, 0.29) is 10.6 Å². The van der Waals surface area contributed by atoms with E-state index in [1.165, 1.54) is 37.4 Å². The Morgan fingerprint density at radius 3 is 2.07 bits per heavy atom. The molecule has 298 valence electrons. The summed E-state index contributed by atoms with van der Waals surface area (Å²) in [5, 5.41) is 3.01. The number of ether oxygens (including phenoxy) is 1. The molecule has 3 N–H and O–H groups in total. The van der Waals surface area contributed by atoms with Crippen molar-refractivity contribution in [2.45, 2.75) is 74.3 Å². The van der Waals surface area contributed by atoms with Gasteiger partial charge >= 0.3 is 18.0 Å². The number of likely N-dealkylation sites (tertiary alicyclic amines) is 1. The van der Waals surface area contributed by atoms with Crippen LogP contribution in [0.4, 0.5) is 30.7 Å². The van der Waals surface area contributed by atoms with Crippen molar-refractivity contribution in [3.8, 4) is 5.75 Å². The smallest absolute Gasteiger partial charge is 0.405 e. The van der Waals surface area contributed by atoms with Gasteiger partial charge in [-0.3, -0.25) is 24.0 Å². The molecule has 0 saturated carbocycles. The molecule has 21 heteroatoms. The molecule has 4 atom stereocenters. The average Bonchev–Trinajstić information content (AvgIpc) is 3.55. The second kappa shape index (κ2) is 16.9. The molecule has 4 amide bonds. The van der Waals surface area contributed by atoms with Crippen LogP contribution in [0.1, 0.15) is 38.3 Å². The van der Waals surface area contributed by atoms with E-state index in [1.807, 2.05) is 10.6 Å². The van der Waals surface area contributed by atoms with Crippen molar-refractivity contribution < 1.29 is 67.9 Å². The maximum absolute atomic E-state index is 15.0. The molecule has 0 aromatic heterocycles. The number of hydrogen-bond donors (Lipinski definition) is 3. The Labute approximate surface area is 310 Å². The number of ketones is 1. The van der Waals surface area contributed by atoms with Crippen LogP contribution in [-0.4, -0.2) is 98.4 Å². The van der Waals surface area contributed by atoms with E-state index in [0.29, 0.717) is 10.6 Å². The topological polar surface area (TPSA) is 168 Å². The van der Waals surface area contributed by atoms with Crippen molar-refractivity contribution in [1.29, 1.82) is 0 Å². The fourth-order valence-electron chi connectivity index (χ4n) is 5.42. The van der Waals surface area contributed by atoms with Crippen LogP contribution in [0.25, 0.3) is 0 Å². The molecule has 0 bridgehead atoms. The van der Waals surface area contributed by atoms with Gasteiger partial charge in [0.15, 0.2) is 9.84 Å². The summed E-state index contributed by atoms with van der Waals surface area (Å²) in [4.78, 5) is 65.4. The highest BCUT2D eigenvalue weighted by Gasteiger charge is 2.53. The lowest BCUT2D eigenvalue weighted by molar-refractivity contribution is -0.165. The van der Waals surface area contributed by atoms with E-state index in [4.69, 9.17) is 16.3 Å². The van der Waals surface area contributed by atoms with Gasteiger partial charge in [0.2, 0.25) is 17.6 Å². The van der Waals surface area contributed by atoms with Crippen LogP contribution in [0.15, 0.2) is 48.5 Å². The molecule has 2 aromatic rings. The van der Waals surface area contributed by atoms with E-state index in [1.54, 1.807) is 0 Å². The van der Waals surface area contributed by atoms with Crippen LogP contribution in [-0.2, 0) is 45.5 Å². The fourth-order valence-corrected chi connectivity index (χ4v) is 7.36. The maximum Gasteiger partial charge on any atom is 0.405 e. The average molecular weight is 817 g/mol. The molecule has 0 unspecified atom stereocenters. The number of amides is 4. The van der Waals surface area contributed by atoms with Crippen molar-refractivity contribution in [2.24, 2.45) is 5.92 Å². The first-order valence-corrected chi connectivity index (χ1v) is 18.1. The van der Waals surface area contributed by atoms with E-state index in [9.17, 15) is 54.3 Å². The lowest BCUT2D eigenvalue weighted by atomic mass is 9.94. The Morgan fingerprint density at radius 1 is 0.926 bits per heavy atom. The van der Waals surface area contributed by atoms with Gasteiger partial charge < -0.3 is 25.6 Å². The van der Waals surface area contributed by atoms with Gasteiger partial charge in [-0.15, -0.1) is 0 Å². The third-order valence-electron chi connectivity index (χ3n) is 8.36. The first-order valence-electron chi connectivity index (χ1n) is 16.0. The highest BCUT2D eigenvalue weighted by molar-refractivity contribution is 7.91. The lowest BCUT2D eigenvalue weighted by Crippen LogP contribution is -2.60. The van der Waals surface area contributed by atoms with Crippen LogP contribution in [0.3, 0.4) is 0 Å². The summed E-state index contributed by atoms with van der Waals surface area (Å²) in [5.74, 6) is -20.3. The summed E-state index contributed by atoms with van der Waals surface area (Å²) in [6.07, 6.45) is -5.80. The molecule has 0 aliphatic carbocycles. The van der Waals surface area contributed by atoms with E-state index >= 15 is 8.78 Å². The van der Waals surface area contributed by atoms with Gasteiger partial charge in [0.25, 0.3) is 11.8 Å². The Morgan fingerprint density at radius 2 is 1.54 bits per heavy atom. The molecule has 1 aliphatic rings. The van der Waals surface area contributed by atoms with E-state index in [0.717, 1.165) is 44.3 Å². The number of nitrogens with zero attached hydrogens (tertiary/aromatic N) is 1. The van der Waals surface area contributed by atoms with Gasteiger partial charge in [-0.25, -0.2) is 8.42 Å². The summed E-state index contributed by atoms with van der Waals surface area (Å²) in [7, 11) is -2.88. The zero-order valence-electron chi connectivity index (χ0n) is 29.0. The first-order chi connectivity index (χ1) is 24.8. The molecule has 3 rings (SSSR count). The normalized spacial score (nSPS) is 17.8. The number of sulfone groups is 1. The summed E-state index contributed by atoms with van der Waals surface area (Å²) < 4.78 is 130. The summed E-state index contributed by atoms with van der Waals surface area (Å²) >= 11 is 5.76. The Kier molecular flexibility index (Phi) is 13.8. The van der Waals surface area contributed by atoms with Gasteiger partial charge in [0.05, 0.1) is 24.2 Å². The van der Waals surface area contributed by atoms with E-state index in [2.05, 4.69) is 0 Å². The van der Waals surface area contributed by atoms with Crippen LogP contribution in [0.5, 0.6) is 5.75 Å². The van der Waals surface area contributed by atoms with Crippen LogP contribution in [0.2, 0.25) is 5.02 Å². The highest BCUT2D eigenvalue weighted by atomic mass is 35.5. The molecule has 12 nitrogen and oxygen atoms in total. The third-order valence-corrected chi connectivity index (χ3v) is 10.7. The number of Topliss-reactive ketones (excluding diaryl/α,β-unsaturated/α-hetero) is 1. The zero-order chi connectivity index (χ0) is 41.0. The predicted molar refractivity (Wildman–Crippen MR) is 178 cm³/mol. The SMILES string of the molecule is COc1ccc(CS(=O)(=O)[C@@H]2C[C@@H](C(=O)N[C@H](C(=O)C(F)(F)C(=O)NCC(F)(F)F)C(C)C)N(C(=O)[C@H](C)NC(=O)C(F)(F)c3cccc(Cl)c3)C2)cc1. The molecule has 1 fully saturated rings. The number of methoxy groups -OCH3 is 1. The number of carbonyl (C=O) groups is 5. The number of carbonyl (C=O) groups excluding carboxylic acids is 5. The molecule has 1 heterocycles. The minimum Gasteiger partial charge on any atom is -0.497 e. The Balaban J connectivity index is 1.92. The van der Waals surface area contributed by atoms with Crippen molar-refractivity contribution in [3.63, 3.8) is 0 Å². The third kappa shape index (κ3) is 10.6. The molecule has 1 saturated heterocycles. The summed E-state index contributed by atoms with van der Waals surface area (Å²) in [6, 6.07) is 3.94. The lowest BCUT2D eigenvalue weighted by Gasteiger charge is -2.30. The monoisotopic (exact) mass is 816 g/mol. The number of hydrogen-bond acceptors (Lipinski definition) is 8. The van der Waals surface area contributed by atoms with Crippen LogP contribution < -0.4 is 20.7 Å². The Bertz CT molecular complexity index is 1850. The summed E-state index contributed by atoms with van der Waals surface area (Å²) in [6.45, 7) is 0.298. The van der Waals surface area contributed by atoms with Crippen LogP contribution >= 0.6 is 11.6 Å². The van der Waals surface area contributed by atoms with Gasteiger partial charge in [0.1, 0.15) is 24.4 Å². The molecule has 2 aromatic carbocycles. The molecule has 1 aliphatic heterocycles. The van der Waals surface area contributed by atoms with Gasteiger partial charge in [-0.2, -0.15) is 30.7 Å². The van der Waals surface area contributed by atoms with Gasteiger partial charge in [-0.05, 0) is 49.1 Å². The molecular weight excluding hydrogens is 781 g/mol. The minimum absolute atomic E-state index is 0.130. The molecular formula is C33H36ClF7N4O8S. The second-order valence-electron chi connectivity index (χ2n) is 12.8. The highest BCUT2D eigenvalue weighted by Crippen LogP contribution is 2.32. The van der Waals surface area contributed by atoms with E-state index < -0.39 is 117 Å². The zero-order valence-corrected chi connectivity index (χ0v) is 30.6. The van der Waals surface area contributed by atoms with Crippen molar-refractivity contribution in [3.05, 3.63) is 64.7 Å². The van der Waals surface area contributed by atoms with Gasteiger partial charge in [-0.1, -0.05) is 49.7 Å². The number of halogens is 8. The van der Waals surface area contributed by atoms with Crippen molar-refractivity contribution in [2.75, 3.05) is 20.2 Å². The molecule has 54 heavy (non-hydrogen) atoms. The largest absolute Gasteiger partial charge is 0.497 e. The first kappa shape index (κ1) is 43.9. The number of alkyl halides is 7. The number of nitrogens with one attached hydrogen (secondary N) is 3. The fraction of sp³-hybridized carbons (Fsp3) is 0.485. The van der Waals surface area contributed by atoms with Crippen LogP contribution in [0, 0.1) is 5.92 Å². The number of rotatable bonds is 15. The van der Waals surface area contributed by atoms with Crippen molar-refractivity contribution >= 4 is 50.9 Å². The van der Waals surface area contributed by atoms with Crippen molar-refractivity contribution in [1.82, 2.24) is 20.9 Å². The maximum atomic E-state index is 15.0. The predicted octanol–water partition coefficient (Wildman–Crippen LogP) is 3.55. The second-order valence-corrected chi connectivity index (χ2v) is 15.5. The molecule has 0 radical (unpaired) electrons.